The minimum absolute atomic E-state index is 0.0598. The van der Waals surface area contributed by atoms with Crippen LogP contribution in [0.2, 0.25) is 0 Å². The van der Waals surface area contributed by atoms with E-state index in [1.807, 2.05) is 12.1 Å². The number of nitrogens with one attached hydrogen (secondary N) is 1. The largest absolute Gasteiger partial charge is 0.347 e. The Labute approximate surface area is 128 Å². The number of thiophene rings is 1. The molecule has 0 bridgehead atoms. The number of halogens is 1. The van der Waals surface area contributed by atoms with Crippen LogP contribution in [-0.2, 0) is 19.4 Å². The number of hydrogen-bond donors (Lipinski definition) is 1. The lowest BCUT2D eigenvalue weighted by molar-refractivity contribution is 0.0955. The standard InChI is InChI=1S/C17H18FNOS/c1-11-6-7-12(8-14(11)18)10-19-17(20)16-9-13-4-2-3-5-15(13)21-16/h6-9H,2-5,10H2,1H3,(H,19,20). The smallest absolute Gasteiger partial charge is 0.261 e. The van der Waals surface area contributed by atoms with E-state index >= 15 is 0 Å². The topological polar surface area (TPSA) is 29.1 Å². The number of hydrogen-bond acceptors (Lipinski definition) is 2. The molecule has 1 heterocycles. The van der Waals surface area contributed by atoms with Crippen LogP contribution in [0.15, 0.2) is 24.3 Å². The van der Waals surface area contributed by atoms with Crippen molar-refractivity contribution in [1.82, 2.24) is 5.32 Å². The summed E-state index contributed by atoms with van der Waals surface area (Å²) in [6.45, 7) is 2.09. The van der Waals surface area contributed by atoms with Gasteiger partial charge < -0.3 is 5.32 Å². The van der Waals surface area contributed by atoms with Crippen LogP contribution in [0.1, 0.15) is 44.1 Å². The molecule has 1 N–H and O–H groups in total. The van der Waals surface area contributed by atoms with Crippen LogP contribution >= 0.6 is 11.3 Å². The molecule has 2 nitrogen and oxygen atoms in total. The maximum absolute atomic E-state index is 13.5. The Morgan fingerprint density at radius 1 is 1.29 bits per heavy atom. The second kappa shape index (κ2) is 5.98. The summed E-state index contributed by atoms with van der Waals surface area (Å²) in [7, 11) is 0. The number of amides is 1. The third-order valence-electron chi connectivity index (χ3n) is 3.91. The first-order valence-electron chi connectivity index (χ1n) is 7.28. The van der Waals surface area contributed by atoms with Gasteiger partial charge in [-0.1, -0.05) is 12.1 Å². The Morgan fingerprint density at radius 2 is 2.10 bits per heavy atom. The molecule has 110 valence electrons. The van der Waals surface area contributed by atoms with Gasteiger partial charge in [0.05, 0.1) is 4.88 Å². The van der Waals surface area contributed by atoms with Crippen LogP contribution in [0.5, 0.6) is 0 Å². The zero-order valence-electron chi connectivity index (χ0n) is 12.0. The van der Waals surface area contributed by atoms with E-state index in [-0.39, 0.29) is 11.7 Å². The highest BCUT2D eigenvalue weighted by Crippen LogP contribution is 2.29. The van der Waals surface area contributed by atoms with Gasteiger partial charge in [-0.15, -0.1) is 11.3 Å². The Kier molecular flexibility index (Phi) is 4.06. The molecule has 0 saturated carbocycles. The fourth-order valence-corrected chi connectivity index (χ4v) is 3.79. The highest BCUT2D eigenvalue weighted by molar-refractivity contribution is 7.14. The van der Waals surface area contributed by atoms with Crippen molar-refractivity contribution in [2.75, 3.05) is 0 Å². The van der Waals surface area contributed by atoms with Gasteiger partial charge in [-0.3, -0.25) is 4.79 Å². The van der Waals surface area contributed by atoms with Gasteiger partial charge in [0, 0.05) is 11.4 Å². The number of fused-ring (bicyclic) bond motifs is 1. The summed E-state index contributed by atoms with van der Waals surface area (Å²) < 4.78 is 13.5. The molecule has 1 aromatic heterocycles. The van der Waals surface area contributed by atoms with Gasteiger partial charge in [0.2, 0.25) is 0 Å². The predicted molar refractivity (Wildman–Crippen MR) is 83.3 cm³/mol. The molecule has 0 unspecified atom stereocenters. The van der Waals surface area contributed by atoms with Crippen molar-refractivity contribution in [3.05, 3.63) is 56.5 Å². The second-order valence-corrected chi connectivity index (χ2v) is 6.67. The molecule has 1 aliphatic carbocycles. The van der Waals surface area contributed by atoms with Crippen LogP contribution in [0.3, 0.4) is 0 Å². The van der Waals surface area contributed by atoms with E-state index in [1.54, 1.807) is 24.3 Å². The van der Waals surface area contributed by atoms with E-state index in [2.05, 4.69) is 5.32 Å². The average Bonchev–Trinajstić information content (AvgIpc) is 2.92. The Hall–Kier alpha value is -1.68. The first-order valence-corrected chi connectivity index (χ1v) is 8.10. The van der Waals surface area contributed by atoms with Crippen LogP contribution in [0.4, 0.5) is 4.39 Å². The molecule has 4 heteroatoms. The SMILES string of the molecule is Cc1ccc(CNC(=O)c2cc3c(s2)CCCC3)cc1F. The van der Waals surface area contributed by atoms with Crippen molar-refractivity contribution < 1.29 is 9.18 Å². The summed E-state index contributed by atoms with van der Waals surface area (Å²) >= 11 is 1.60. The van der Waals surface area contributed by atoms with Crippen molar-refractivity contribution in [2.45, 2.75) is 39.2 Å². The number of rotatable bonds is 3. The van der Waals surface area contributed by atoms with Crippen molar-refractivity contribution in [2.24, 2.45) is 0 Å². The quantitative estimate of drug-likeness (QED) is 0.912. The zero-order chi connectivity index (χ0) is 14.8. The Balaban J connectivity index is 1.66. The van der Waals surface area contributed by atoms with Gasteiger partial charge in [0.25, 0.3) is 5.91 Å². The molecule has 0 radical (unpaired) electrons. The summed E-state index contributed by atoms with van der Waals surface area (Å²) in [5.74, 6) is -0.288. The Morgan fingerprint density at radius 3 is 2.86 bits per heavy atom. The van der Waals surface area contributed by atoms with Crippen molar-refractivity contribution >= 4 is 17.2 Å². The molecule has 0 saturated heterocycles. The number of benzene rings is 1. The average molecular weight is 303 g/mol. The molecular formula is C17H18FNOS. The highest BCUT2D eigenvalue weighted by atomic mass is 32.1. The van der Waals surface area contributed by atoms with Gasteiger partial charge in [-0.2, -0.15) is 0 Å². The van der Waals surface area contributed by atoms with Gasteiger partial charge >= 0.3 is 0 Å². The summed E-state index contributed by atoms with van der Waals surface area (Å²) in [6.07, 6.45) is 4.61. The van der Waals surface area contributed by atoms with E-state index in [1.165, 1.54) is 29.3 Å². The lowest BCUT2D eigenvalue weighted by Crippen LogP contribution is -2.21. The van der Waals surface area contributed by atoms with Gasteiger partial charge in [0.1, 0.15) is 5.82 Å². The minimum atomic E-state index is -0.228. The lowest BCUT2D eigenvalue weighted by Gasteiger charge is -2.08. The number of aryl methyl sites for hydroxylation is 3. The lowest BCUT2D eigenvalue weighted by atomic mass is 9.99. The molecule has 0 spiro atoms. The maximum Gasteiger partial charge on any atom is 0.261 e. The fourth-order valence-electron chi connectivity index (χ4n) is 2.62. The van der Waals surface area contributed by atoms with Gasteiger partial charge in [-0.05, 0) is 61.4 Å². The molecule has 2 aromatic rings. The molecule has 0 atom stereocenters. The predicted octanol–water partition coefficient (Wildman–Crippen LogP) is 4.00. The van der Waals surface area contributed by atoms with E-state index in [0.717, 1.165) is 23.3 Å². The molecule has 21 heavy (non-hydrogen) atoms. The summed E-state index contributed by atoms with van der Waals surface area (Å²) in [6, 6.07) is 7.08. The molecule has 1 amide bonds. The summed E-state index contributed by atoms with van der Waals surface area (Å²) in [5, 5.41) is 2.88. The molecule has 1 aromatic carbocycles. The van der Waals surface area contributed by atoms with Crippen molar-refractivity contribution in [3.63, 3.8) is 0 Å². The molecule has 0 aliphatic heterocycles. The maximum atomic E-state index is 13.5. The molecule has 0 fully saturated rings. The van der Waals surface area contributed by atoms with E-state index in [0.29, 0.717) is 12.1 Å². The monoisotopic (exact) mass is 303 g/mol. The molecular weight excluding hydrogens is 285 g/mol. The van der Waals surface area contributed by atoms with Crippen molar-refractivity contribution in [3.8, 4) is 0 Å². The van der Waals surface area contributed by atoms with Crippen LogP contribution in [-0.4, -0.2) is 5.91 Å². The first kappa shape index (κ1) is 14.3. The second-order valence-electron chi connectivity index (χ2n) is 5.53. The van der Waals surface area contributed by atoms with Gasteiger partial charge in [-0.25, -0.2) is 4.39 Å². The van der Waals surface area contributed by atoms with E-state index in [9.17, 15) is 9.18 Å². The van der Waals surface area contributed by atoms with Gasteiger partial charge in [0.15, 0.2) is 0 Å². The fraction of sp³-hybridized carbons (Fsp3) is 0.353. The van der Waals surface area contributed by atoms with Crippen LogP contribution in [0, 0.1) is 12.7 Å². The highest BCUT2D eigenvalue weighted by Gasteiger charge is 2.17. The number of carbonyl (C=O) groups is 1. The van der Waals surface area contributed by atoms with Crippen molar-refractivity contribution in [1.29, 1.82) is 0 Å². The molecule has 1 aliphatic rings. The third kappa shape index (κ3) is 3.16. The number of carbonyl (C=O) groups excluding carboxylic acids is 1. The van der Waals surface area contributed by atoms with E-state index < -0.39 is 0 Å². The van der Waals surface area contributed by atoms with E-state index in [4.69, 9.17) is 0 Å². The van der Waals surface area contributed by atoms with Crippen LogP contribution in [0.25, 0.3) is 0 Å². The first-order chi connectivity index (χ1) is 10.1. The molecule has 3 rings (SSSR count). The Bertz CT molecular complexity index is 654. The normalized spacial score (nSPS) is 13.8. The summed E-state index contributed by atoms with van der Waals surface area (Å²) in [5.41, 5.74) is 2.74. The van der Waals surface area contributed by atoms with Crippen LogP contribution < -0.4 is 5.32 Å². The zero-order valence-corrected chi connectivity index (χ0v) is 12.9. The summed E-state index contributed by atoms with van der Waals surface area (Å²) in [4.78, 5) is 14.3. The minimum Gasteiger partial charge on any atom is -0.347 e. The third-order valence-corrected chi connectivity index (χ3v) is 5.15.